The molecule has 0 spiro atoms. The van der Waals surface area contributed by atoms with Crippen LogP contribution in [0.1, 0.15) is 6.92 Å². The molecule has 0 N–H and O–H groups in total. The van der Waals surface area contributed by atoms with Crippen LogP contribution < -0.4 is 144 Å². The minimum absolute atomic E-state index is 0. The Bertz CT molecular complexity index is 369. The predicted octanol–water partition coefficient (Wildman–Crippen LogP) is -18.0. The standard InChI is InChI=1S/2C12H24O6.C2H3N.8Cu.6HI.2Rb/c2*1-2-14-5-6-16-9-10-18-12-11-17-8-7-15-4-3-13-1;1-2-3;;;;;;;;;;;;;;;;/h2*1-12H2;1H3;;;;;;;;;6*1H;;/q;;;;;6*+1;;;;;;;;/p-6. The third-order valence-corrected chi connectivity index (χ3v) is 4.46. The van der Waals surface area contributed by atoms with Gasteiger partial charge in [-0.1, -0.05) is 0 Å². The van der Waals surface area contributed by atoms with Gasteiger partial charge in [0.05, 0.1) is 165 Å². The minimum atomic E-state index is 0. The van der Waals surface area contributed by atoms with Crippen LogP contribution in [0.5, 0.6) is 0 Å². The smallest absolute Gasteiger partial charge is 1.00 e. The van der Waals surface area contributed by atoms with E-state index < -0.39 is 0 Å². The molecule has 0 saturated carbocycles. The van der Waals surface area contributed by atoms with E-state index in [4.69, 9.17) is 62.1 Å². The second-order valence-electron chi connectivity index (χ2n) is 7.57. The molecule has 29 heteroatoms. The summed E-state index contributed by atoms with van der Waals surface area (Å²) in [6, 6.07) is 1.75. The monoisotopic (exact) mass is 2000 g/mol. The number of rotatable bonds is 0. The Morgan fingerprint density at radius 1 is 0.255 bits per heavy atom. The molecule has 2 fully saturated rings. The molecule has 0 bridgehead atoms. The van der Waals surface area contributed by atoms with Gasteiger partial charge in [0, 0.05) is 157 Å². The first kappa shape index (κ1) is 116. The van der Waals surface area contributed by atoms with Crippen LogP contribution in [0, 0.1) is 11.3 Å². The van der Waals surface area contributed by atoms with Crippen molar-refractivity contribution in [3.8, 4) is 6.07 Å². The zero-order valence-corrected chi connectivity index (χ0v) is 60.8. The van der Waals surface area contributed by atoms with Crippen LogP contribution in [-0.4, -0.2) is 275 Å². The van der Waals surface area contributed by atoms with Crippen molar-refractivity contribution >= 4 is 116 Å². The van der Waals surface area contributed by atoms with Crippen LogP contribution in [0.25, 0.3) is 0 Å². The Hall–Kier alpha value is 11.2. The summed E-state index contributed by atoms with van der Waals surface area (Å²) in [6.45, 7) is 15.5. The van der Waals surface area contributed by atoms with E-state index in [-0.39, 0.29) is 397 Å². The van der Waals surface area contributed by atoms with Crippen molar-refractivity contribution < 1.29 is 337 Å². The number of ether oxygens (including phenoxy) is 12. The van der Waals surface area contributed by atoms with Crippen LogP contribution in [0.15, 0.2) is 0 Å². The van der Waals surface area contributed by atoms with Gasteiger partial charge in [0.1, 0.15) is 0 Å². The average molecular weight is 2010 g/mol. The fourth-order valence-corrected chi connectivity index (χ4v) is 2.64. The molecule has 55 heavy (non-hydrogen) atoms. The van der Waals surface area contributed by atoms with Crippen LogP contribution in [0.4, 0.5) is 0 Å². The molecule has 2 heterocycles. The van der Waals surface area contributed by atoms with Gasteiger partial charge in [0.15, 0.2) is 0 Å². The summed E-state index contributed by atoms with van der Waals surface area (Å²) in [6.07, 6.45) is 0. The van der Waals surface area contributed by atoms with Gasteiger partial charge in [-0.3, -0.25) is 0 Å². The first-order valence-electron chi connectivity index (χ1n) is 13.7. The Balaban J connectivity index is -0.0000000256. The maximum atomic E-state index is 7.32. The molecule has 0 amide bonds. The molecule has 2 aliphatic rings. The van der Waals surface area contributed by atoms with Crippen LogP contribution in [0.3, 0.4) is 0 Å². The summed E-state index contributed by atoms with van der Waals surface area (Å²) < 4.78 is 63.9. The van der Waals surface area contributed by atoms with Crippen LogP contribution >= 0.6 is 0 Å². The van der Waals surface area contributed by atoms with Crippen LogP contribution in [-0.2, 0) is 193 Å². The number of nitriles is 1. The van der Waals surface area contributed by atoms with Crippen molar-refractivity contribution in [3.63, 3.8) is 0 Å². The summed E-state index contributed by atoms with van der Waals surface area (Å²) in [4.78, 5) is 0. The molecule has 2 saturated heterocycles. The maximum Gasteiger partial charge on any atom is 1.00 e. The number of nitrogens with zero attached hydrogens (tertiary/aromatic N) is 1. The zero-order valence-electron chi connectivity index (χ0n) is 30.5. The molecule has 4 radical (unpaired) electrons. The Kier molecular flexibility index (Phi) is 244. The SMILES string of the molecule is C1COCCOCCOCCOCCOCCO1.C1COCCOCCOCCOCCOCCO1.CC#N.[Cu+].[Cu+].[Cu+].[Cu+].[Cu+].[Cu+].[Cu].[Cu].[I-].[I-].[I-].[I-].[I-].[I-].[Rb].[Rb]. The molecule has 13 nitrogen and oxygen atoms in total. The van der Waals surface area contributed by atoms with Gasteiger partial charge in [0.2, 0.25) is 0 Å². The van der Waals surface area contributed by atoms with Crippen molar-refractivity contribution in [2.45, 2.75) is 6.92 Å². The largest absolute Gasteiger partial charge is 1.00 e. The van der Waals surface area contributed by atoms with Crippen molar-refractivity contribution in [2.75, 3.05) is 159 Å². The summed E-state index contributed by atoms with van der Waals surface area (Å²) in [5.41, 5.74) is 0. The first-order valence-corrected chi connectivity index (χ1v) is 13.7. The van der Waals surface area contributed by atoms with Gasteiger partial charge in [-0.15, -0.1) is 0 Å². The Morgan fingerprint density at radius 3 is 0.327 bits per heavy atom. The normalized spacial score (nSPS) is 15.9. The Morgan fingerprint density at radius 2 is 0.291 bits per heavy atom. The fraction of sp³-hybridized carbons (Fsp3) is 0.962. The van der Waals surface area contributed by atoms with Gasteiger partial charge < -0.3 is 201 Å². The van der Waals surface area contributed by atoms with E-state index in [9.17, 15) is 0 Å². The maximum absolute atomic E-state index is 7.32. The van der Waals surface area contributed by atoms with E-state index >= 15 is 0 Å². The number of hydrogen-bond acceptors (Lipinski definition) is 13. The van der Waals surface area contributed by atoms with Gasteiger partial charge in [-0.2, -0.15) is 5.26 Å². The fourth-order valence-electron chi connectivity index (χ4n) is 2.64. The molecule has 2 rings (SSSR count). The second-order valence-corrected chi connectivity index (χ2v) is 7.57. The molecular weight excluding hydrogens is 1960 g/mol. The van der Waals surface area contributed by atoms with Gasteiger partial charge in [-0.25, -0.2) is 0 Å². The van der Waals surface area contributed by atoms with E-state index in [0.717, 1.165) is 0 Å². The summed E-state index contributed by atoms with van der Waals surface area (Å²) in [7, 11) is 0. The van der Waals surface area contributed by atoms with Gasteiger partial charge >= 0.3 is 102 Å². The predicted molar refractivity (Wildman–Crippen MR) is 153 cm³/mol. The van der Waals surface area contributed by atoms with Crippen molar-refractivity contribution in [2.24, 2.45) is 0 Å². The first-order chi connectivity index (χ1) is 19.4. The summed E-state index contributed by atoms with van der Waals surface area (Å²) in [5, 5.41) is 7.32. The van der Waals surface area contributed by atoms with E-state index in [1.165, 1.54) is 6.92 Å². The summed E-state index contributed by atoms with van der Waals surface area (Å²) in [5.74, 6) is 0. The molecule has 364 valence electrons. The second kappa shape index (κ2) is 116. The molecule has 0 aromatic carbocycles. The molecular formula is C26H51Cu8I6NO12Rb2. The molecule has 0 aromatic heterocycles. The molecule has 2 aliphatic heterocycles. The minimum Gasteiger partial charge on any atom is -1.00 e. The third-order valence-electron chi connectivity index (χ3n) is 4.46. The topological polar surface area (TPSA) is 135 Å². The van der Waals surface area contributed by atoms with E-state index in [0.29, 0.717) is 159 Å². The van der Waals surface area contributed by atoms with Gasteiger partial charge in [-0.05, 0) is 0 Å². The van der Waals surface area contributed by atoms with Gasteiger partial charge in [0.25, 0.3) is 0 Å². The van der Waals surface area contributed by atoms with Crippen molar-refractivity contribution in [3.05, 3.63) is 0 Å². The Labute approximate surface area is 616 Å². The van der Waals surface area contributed by atoms with E-state index in [2.05, 4.69) is 0 Å². The molecule has 0 aromatic rings. The number of hydrogen-bond donors (Lipinski definition) is 0. The van der Waals surface area contributed by atoms with Crippen molar-refractivity contribution in [1.82, 2.24) is 0 Å². The molecule has 0 atom stereocenters. The average Bonchev–Trinajstić information content (AvgIpc) is 2.94. The van der Waals surface area contributed by atoms with Crippen LogP contribution in [0.2, 0.25) is 0 Å². The quantitative estimate of drug-likeness (QED) is 0.168. The third kappa shape index (κ3) is 117. The summed E-state index contributed by atoms with van der Waals surface area (Å²) >= 11 is 0. The van der Waals surface area contributed by atoms with Crippen molar-refractivity contribution in [1.29, 1.82) is 5.26 Å². The zero-order chi connectivity index (χ0) is 28.2. The number of halogens is 6. The molecule has 0 unspecified atom stereocenters. The van der Waals surface area contributed by atoms with E-state index in [1.807, 2.05) is 0 Å². The molecule has 0 aliphatic carbocycles. The van der Waals surface area contributed by atoms with E-state index in [1.54, 1.807) is 6.07 Å².